The van der Waals surface area contributed by atoms with Gasteiger partial charge in [-0.1, -0.05) is 5.57 Å². The number of amides is 1. The zero-order chi connectivity index (χ0) is 8.59. The lowest BCUT2D eigenvalue weighted by Gasteiger charge is -2.31. The molecular weight excluding hydrogens is 138 g/mol. The van der Waals surface area contributed by atoms with Gasteiger partial charge in [0, 0.05) is 18.7 Å². The molecule has 0 aromatic heterocycles. The molecule has 1 aliphatic rings. The maximum absolute atomic E-state index is 11.4. The van der Waals surface area contributed by atoms with Crippen molar-refractivity contribution in [3.05, 3.63) is 11.1 Å². The van der Waals surface area contributed by atoms with Crippen LogP contribution in [-0.2, 0) is 4.79 Å². The molecule has 0 aromatic carbocycles. The molecule has 2 heteroatoms. The molecule has 1 heterocycles. The van der Waals surface area contributed by atoms with Crippen molar-refractivity contribution >= 4 is 5.91 Å². The third kappa shape index (κ3) is 1.30. The minimum Gasteiger partial charge on any atom is -0.339 e. The van der Waals surface area contributed by atoms with E-state index in [4.69, 9.17) is 0 Å². The van der Waals surface area contributed by atoms with Crippen LogP contribution in [0.2, 0.25) is 0 Å². The molecule has 2 nitrogen and oxygen atoms in total. The quantitative estimate of drug-likeness (QED) is 0.517. The van der Waals surface area contributed by atoms with Crippen molar-refractivity contribution in [2.75, 3.05) is 7.05 Å². The van der Waals surface area contributed by atoms with E-state index in [0.29, 0.717) is 6.04 Å². The summed E-state index contributed by atoms with van der Waals surface area (Å²) < 4.78 is 0. The van der Waals surface area contributed by atoms with Gasteiger partial charge in [0.2, 0.25) is 5.91 Å². The van der Waals surface area contributed by atoms with Gasteiger partial charge in [-0.05, 0) is 27.2 Å². The van der Waals surface area contributed by atoms with Crippen molar-refractivity contribution < 1.29 is 4.79 Å². The first kappa shape index (κ1) is 8.31. The van der Waals surface area contributed by atoms with Crippen LogP contribution >= 0.6 is 0 Å². The molecule has 1 rings (SSSR count). The van der Waals surface area contributed by atoms with Gasteiger partial charge in [0.25, 0.3) is 0 Å². The highest BCUT2D eigenvalue weighted by Gasteiger charge is 2.23. The Labute approximate surface area is 67.9 Å². The van der Waals surface area contributed by atoms with E-state index in [-0.39, 0.29) is 5.91 Å². The third-order valence-electron chi connectivity index (χ3n) is 2.54. The molecular formula is C9H15NO. The highest BCUT2D eigenvalue weighted by molar-refractivity contribution is 5.94. The van der Waals surface area contributed by atoms with E-state index >= 15 is 0 Å². The summed E-state index contributed by atoms with van der Waals surface area (Å²) in [4.78, 5) is 13.2. The zero-order valence-electron chi connectivity index (χ0n) is 7.64. The first-order valence-corrected chi connectivity index (χ1v) is 3.97. The van der Waals surface area contributed by atoms with E-state index in [2.05, 4.69) is 6.92 Å². The van der Waals surface area contributed by atoms with Crippen LogP contribution in [0.4, 0.5) is 0 Å². The van der Waals surface area contributed by atoms with Crippen LogP contribution in [0.1, 0.15) is 27.2 Å². The highest BCUT2D eigenvalue weighted by Crippen LogP contribution is 2.21. The topological polar surface area (TPSA) is 20.3 Å². The third-order valence-corrected chi connectivity index (χ3v) is 2.54. The van der Waals surface area contributed by atoms with Crippen LogP contribution in [-0.4, -0.2) is 23.9 Å². The van der Waals surface area contributed by atoms with E-state index in [0.717, 1.165) is 12.0 Å². The number of hydrogen-bond donors (Lipinski definition) is 0. The van der Waals surface area contributed by atoms with E-state index in [9.17, 15) is 4.79 Å². The number of nitrogens with zero attached hydrogens (tertiary/aromatic N) is 1. The highest BCUT2D eigenvalue weighted by atomic mass is 16.2. The lowest BCUT2D eigenvalue weighted by molar-refractivity contribution is -0.128. The fourth-order valence-corrected chi connectivity index (χ4v) is 1.38. The van der Waals surface area contributed by atoms with Crippen molar-refractivity contribution in [1.29, 1.82) is 0 Å². The van der Waals surface area contributed by atoms with Gasteiger partial charge < -0.3 is 4.90 Å². The van der Waals surface area contributed by atoms with Gasteiger partial charge in [0.15, 0.2) is 0 Å². The van der Waals surface area contributed by atoms with Crippen LogP contribution in [0.15, 0.2) is 11.1 Å². The number of hydrogen-bond acceptors (Lipinski definition) is 1. The number of likely N-dealkylation sites (N-methyl/N-ethyl adjacent to an activating group) is 1. The lowest BCUT2D eigenvalue weighted by atomic mass is 9.97. The van der Waals surface area contributed by atoms with Gasteiger partial charge in [-0.3, -0.25) is 4.79 Å². The lowest BCUT2D eigenvalue weighted by Crippen LogP contribution is -2.39. The summed E-state index contributed by atoms with van der Waals surface area (Å²) in [5, 5.41) is 0. The summed E-state index contributed by atoms with van der Waals surface area (Å²) in [6.07, 6.45) is 1.02. The second-order valence-electron chi connectivity index (χ2n) is 3.37. The number of carbonyl (C=O) groups is 1. The predicted octanol–water partition coefficient (Wildman–Crippen LogP) is 1.57. The smallest absolute Gasteiger partial charge is 0.249 e. The molecule has 0 fully saturated rings. The summed E-state index contributed by atoms with van der Waals surface area (Å²) in [6.45, 7) is 6.02. The molecule has 0 unspecified atom stereocenters. The van der Waals surface area contributed by atoms with E-state index in [1.54, 1.807) is 0 Å². The minimum absolute atomic E-state index is 0.182. The van der Waals surface area contributed by atoms with Crippen molar-refractivity contribution in [2.45, 2.75) is 33.2 Å². The normalized spacial score (nSPS) is 26.4. The van der Waals surface area contributed by atoms with Crippen molar-refractivity contribution in [3.8, 4) is 0 Å². The summed E-state index contributed by atoms with van der Waals surface area (Å²) in [7, 11) is 1.86. The summed E-state index contributed by atoms with van der Waals surface area (Å²) >= 11 is 0. The molecule has 0 N–H and O–H groups in total. The standard InChI is InChI=1S/C9H15NO/c1-6-5-7(2)10(4)9(11)8(6)3/h7H,5H2,1-4H3/t7-/m0/s1. The number of rotatable bonds is 0. The molecule has 11 heavy (non-hydrogen) atoms. The monoisotopic (exact) mass is 153 g/mol. The Bertz CT molecular complexity index is 218. The second kappa shape index (κ2) is 2.68. The minimum atomic E-state index is 0.182. The largest absolute Gasteiger partial charge is 0.339 e. The number of carbonyl (C=O) groups excluding carboxylic acids is 1. The van der Waals surface area contributed by atoms with Gasteiger partial charge in [0.05, 0.1) is 0 Å². The first-order chi connectivity index (χ1) is 5.04. The van der Waals surface area contributed by atoms with Crippen molar-refractivity contribution in [2.24, 2.45) is 0 Å². The van der Waals surface area contributed by atoms with Crippen LogP contribution in [0.3, 0.4) is 0 Å². The summed E-state index contributed by atoms with van der Waals surface area (Å²) in [5.41, 5.74) is 2.16. The second-order valence-corrected chi connectivity index (χ2v) is 3.37. The van der Waals surface area contributed by atoms with Crippen molar-refractivity contribution in [1.82, 2.24) is 4.90 Å². The first-order valence-electron chi connectivity index (χ1n) is 3.97. The van der Waals surface area contributed by atoms with Gasteiger partial charge in [-0.25, -0.2) is 0 Å². The van der Waals surface area contributed by atoms with E-state index in [1.165, 1.54) is 5.57 Å². The zero-order valence-corrected chi connectivity index (χ0v) is 7.64. The molecule has 0 saturated heterocycles. The molecule has 1 amide bonds. The SMILES string of the molecule is CC1=C(C)C(=O)N(C)[C@@H](C)C1. The molecule has 0 bridgehead atoms. The molecule has 0 saturated carbocycles. The fraction of sp³-hybridized carbons (Fsp3) is 0.667. The average molecular weight is 153 g/mol. The van der Waals surface area contributed by atoms with Crippen LogP contribution in [0, 0.1) is 0 Å². The Balaban J connectivity index is 2.95. The Morgan fingerprint density at radius 3 is 2.55 bits per heavy atom. The van der Waals surface area contributed by atoms with Gasteiger partial charge in [-0.2, -0.15) is 0 Å². The average Bonchev–Trinajstić information content (AvgIpc) is 1.97. The summed E-state index contributed by atoms with van der Waals surface area (Å²) in [6, 6.07) is 0.367. The Morgan fingerprint density at radius 1 is 1.45 bits per heavy atom. The molecule has 0 aliphatic carbocycles. The Morgan fingerprint density at radius 2 is 2.00 bits per heavy atom. The van der Waals surface area contributed by atoms with Crippen LogP contribution < -0.4 is 0 Å². The van der Waals surface area contributed by atoms with Gasteiger partial charge in [-0.15, -0.1) is 0 Å². The van der Waals surface area contributed by atoms with Crippen LogP contribution in [0.25, 0.3) is 0 Å². The van der Waals surface area contributed by atoms with Gasteiger partial charge >= 0.3 is 0 Å². The molecule has 0 radical (unpaired) electrons. The fourth-order valence-electron chi connectivity index (χ4n) is 1.38. The van der Waals surface area contributed by atoms with Crippen LogP contribution in [0.5, 0.6) is 0 Å². The Kier molecular flexibility index (Phi) is 2.03. The maximum atomic E-state index is 11.4. The Hall–Kier alpha value is -0.790. The molecule has 62 valence electrons. The maximum Gasteiger partial charge on any atom is 0.249 e. The van der Waals surface area contributed by atoms with E-state index < -0.39 is 0 Å². The van der Waals surface area contributed by atoms with Gasteiger partial charge in [0.1, 0.15) is 0 Å². The van der Waals surface area contributed by atoms with Crippen molar-refractivity contribution in [3.63, 3.8) is 0 Å². The molecule has 0 aromatic rings. The summed E-state index contributed by atoms with van der Waals surface area (Å²) in [5.74, 6) is 0.182. The molecule has 1 atom stereocenters. The van der Waals surface area contributed by atoms with E-state index in [1.807, 2.05) is 25.8 Å². The molecule has 0 spiro atoms. The molecule has 1 aliphatic heterocycles. The predicted molar refractivity (Wildman–Crippen MR) is 45.2 cm³/mol.